The third-order valence-corrected chi connectivity index (χ3v) is 5.07. The van der Waals surface area contributed by atoms with Crippen LogP contribution in [0.5, 0.6) is 5.75 Å². The molecule has 0 unspecified atom stereocenters. The Hall–Kier alpha value is -3.10. The van der Waals surface area contributed by atoms with Gasteiger partial charge in [-0.25, -0.2) is 0 Å². The number of likely N-dealkylation sites (N-methyl/N-ethyl adjacent to an activating group) is 1. The fraction of sp³-hybridized carbons (Fsp3) is 0.333. The highest BCUT2D eigenvalue weighted by molar-refractivity contribution is 6.07. The Labute approximate surface area is 172 Å². The average molecular weight is 389 g/mol. The van der Waals surface area contributed by atoms with E-state index < -0.39 is 0 Å². The van der Waals surface area contributed by atoms with Gasteiger partial charge in [-0.2, -0.15) is 5.26 Å². The molecule has 0 fully saturated rings. The van der Waals surface area contributed by atoms with E-state index in [0.29, 0.717) is 24.3 Å². The van der Waals surface area contributed by atoms with Crippen molar-refractivity contribution in [2.24, 2.45) is 0 Å². The summed E-state index contributed by atoms with van der Waals surface area (Å²) in [6, 6.07) is 14.9. The molecule has 1 aliphatic heterocycles. The number of carbonyl (C=O) groups is 1. The molecule has 1 heterocycles. The molecule has 0 bridgehead atoms. The Kier molecular flexibility index (Phi) is 7.04. The molecule has 5 nitrogen and oxygen atoms in total. The van der Waals surface area contributed by atoms with Gasteiger partial charge in [-0.05, 0) is 74.8 Å². The van der Waals surface area contributed by atoms with Gasteiger partial charge in [-0.3, -0.25) is 4.79 Å². The first-order valence-electron chi connectivity index (χ1n) is 9.99. The molecule has 0 radical (unpaired) electrons. The lowest BCUT2D eigenvalue weighted by atomic mass is 10.1. The molecular weight excluding hydrogens is 362 g/mol. The zero-order valence-electron chi connectivity index (χ0n) is 16.9. The number of benzene rings is 2. The number of nitrogens with zero attached hydrogens (tertiary/aromatic N) is 3. The lowest BCUT2D eigenvalue weighted by Gasteiger charge is -2.18. The third-order valence-electron chi connectivity index (χ3n) is 5.07. The molecule has 0 spiro atoms. The van der Waals surface area contributed by atoms with Crippen molar-refractivity contribution < 1.29 is 9.53 Å². The second-order valence-electron chi connectivity index (χ2n) is 7.30. The molecule has 0 saturated carbocycles. The number of fused-ring (bicyclic) bond motifs is 1. The van der Waals surface area contributed by atoms with Crippen molar-refractivity contribution in [2.45, 2.75) is 19.3 Å². The van der Waals surface area contributed by atoms with Crippen LogP contribution in [-0.4, -0.2) is 44.1 Å². The lowest BCUT2D eigenvalue weighted by molar-refractivity contribution is 0.0989. The Morgan fingerprint density at radius 1 is 1.31 bits per heavy atom. The summed E-state index contributed by atoms with van der Waals surface area (Å²) < 4.78 is 5.91. The summed E-state index contributed by atoms with van der Waals surface area (Å²) in [4.78, 5) is 16.9. The van der Waals surface area contributed by atoms with Crippen molar-refractivity contribution in [3.8, 4) is 11.8 Å². The van der Waals surface area contributed by atoms with E-state index in [0.717, 1.165) is 49.4 Å². The summed E-state index contributed by atoms with van der Waals surface area (Å²) in [7, 11) is 2.09. The molecule has 0 atom stereocenters. The highest BCUT2D eigenvalue weighted by Gasteiger charge is 2.26. The van der Waals surface area contributed by atoms with Gasteiger partial charge >= 0.3 is 0 Å². The predicted octanol–water partition coefficient (Wildman–Crippen LogP) is 4.04. The topological polar surface area (TPSA) is 56.6 Å². The molecule has 0 N–H and O–H groups in total. The van der Waals surface area contributed by atoms with Crippen molar-refractivity contribution in [1.29, 1.82) is 5.26 Å². The third kappa shape index (κ3) is 5.24. The lowest BCUT2D eigenvalue weighted by Crippen LogP contribution is -2.28. The van der Waals surface area contributed by atoms with Gasteiger partial charge in [0.15, 0.2) is 0 Å². The van der Waals surface area contributed by atoms with Crippen LogP contribution in [0.3, 0.4) is 0 Å². The Bertz CT molecular complexity index is 917. The minimum absolute atomic E-state index is 0.0711. The van der Waals surface area contributed by atoms with Gasteiger partial charge in [0.25, 0.3) is 5.91 Å². The van der Waals surface area contributed by atoms with E-state index in [9.17, 15) is 4.79 Å². The maximum Gasteiger partial charge on any atom is 0.258 e. The first-order chi connectivity index (χ1) is 14.1. The number of hydrogen-bond acceptors (Lipinski definition) is 4. The Morgan fingerprint density at radius 2 is 2.17 bits per heavy atom. The highest BCUT2D eigenvalue weighted by atomic mass is 16.5. The number of anilines is 1. The van der Waals surface area contributed by atoms with Crippen LogP contribution in [0, 0.1) is 11.3 Å². The minimum atomic E-state index is -0.0711. The van der Waals surface area contributed by atoms with Crippen LogP contribution in [0.1, 0.15) is 34.3 Å². The summed E-state index contributed by atoms with van der Waals surface area (Å²) in [6.07, 6.45) is 4.80. The maximum atomic E-state index is 12.9. The minimum Gasteiger partial charge on any atom is -0.494 e. The van der Waals surface area contributed by atoms with Crippen LogP contribution in [0.2, 0.25) is 0 Å². The van der Waals surface area contributed by atoms with E-state index in [1.165, 1.54) is 0 Å². The Balaban J connectivity index is 1.56. The first kappa shape index (κ1) is 20.6. The average Bonchev–Trinajstić information content (AvgIpc) is 3.16. The predicted molar refractivity (Wildman–Crippen MR) is 115 cm³/mol. The number of nitriles is 1. The molecule has 29 heavy (non-hydrogen) atoms. The van der Waals surface area contributed by atoms with Crippen molar-refractivity contribution >= 4 is 11.6 Å². The van der Waals surface area contributed by atoms with Crippen molar-refractivity contribution in [3.63, 3.8) is 0 Å². The summed E-state index contributed by atoms with van der Waals surface area (Å²) >= 11 is 0. The number of unbranched alkanes of at least 4 members (excludes halogenated alkanes) is 1. The van der Waals surface area contributed by atoms with Gasteiger partial charge < -0.3 is 14.5 Å². The molecule has 5 heteroatoms. The van der Waals surface area contributed by atoms with Crippen molar-refractivity contribution in [2.75, 3.05) is 38.2 Å². The fourth-order valence-corrected chi connectivity index (χ4v) is 3.54. The molecule has 3 rings (SSSR count). The largest absolute Gasteiger partial charge is 0.494 e. The monoisotopic (exact) mass is 389 g/mol. The van der Waals surface area contributed by atoms with E-state index in [4.69, 9.17) is 10.00 Å². The van der Waals surface area contributed by atoms with E-state index in [1.807, 2.05) is 24.3 Å². The second kappa shape index (κ2) is 9.90. The molecule has 0 saturated heterocycles. The van der Waals surface area contributed by atoms with Gasteiger partial charge in [0.2, 0.25) is 0 Å². The summed E-state index contributed by atoms with van der Waals surface area (Å²) in [5.41, 5.74) is 3.09. The van der Waals surface area contributed by atoms with Crippen LogP contribution >= 0.6 is 0 Å². The van der Waals surface area contributed by atoms with Crippen LogP contribution in [-0.2, 0) is 6.42 Å². The second-order valence-corrected chi connectivity index (χ2v) is 7.30. The molecule has 1 aliphatic rings. The molecular formula is C24H27N3O2. The van der Waals surface area contributed by atoms with E-state index in [-0.39, 0.29) is 5.91 Å². The normalized spacial score (nSPS) is 12.5. The van der Waals surface area contributed by atoms with Gasteiger partial charge in [-0.1, -0.05) is 12.1 Å². The van der Waals surface area contributed by atoms with Crippen molar-refractivity contribution in [3.05, 3.63) is 71.8 Å². The maximum absolute atomic E-state index is 12.9. The van der Waals surface area contributed by atoms with Gasteiger partial charge in [0.05, 0.1) is 18.2 Å². The van der Waals surface area contributed by atoms with Crippen LogP contribution < -0.4 is 9.64 Å². The first-order valence-corrected chi connectivity index (χ1v) is 9.99. The quantitative estimate of drug-likeness (QED) is 0.480. The van der Waals surface area contributed by atoms with E-state index in [1.54, 1.807) is 29.2 Å². The number of carbonyl (C=O) groups excluding carboxylic acids is 1. The number of rotatable bonds is 9. The number of hydrogen-bond donors (Lipinski definition) is 0. The van der Waals surface area contributed by atoms with Crippen LogP contribution in [0.15, 0.2) is 55.1 Å². The SMILES string of the molecule is C=CCN(C)CCCCOc1ccc2c(c1)CCN2C(=O)c1cccc(C#N)c1. The van der Waals surface area contributed by atoms with Crippen LogP contribution in [0.4, 0.5) is 5.69 Å². The smallest absolute Gasteiger partial charge is 0.258 e. The summed E-state index contributed by atoms with van der Waals surface area (Å²) in [5, 5.41) is 9.06. The van der Waals surface area contributed by atoms with E-state index in [2.05, 4.69) is 24.6 Å². The van der Waals surface area contributed by atoms with E-state index >= 15 is 0 Å². The molecule has 0 aliphatic carbocycles. The standard InChI is InChI=1S/C24H27N3O2/c1-3-12-26(2)13-4-5-15-29-22-9-10-23-20(17-22)11-14-27(23)24(28)21-8-6-7-19(16-21)18-25/h3,6-10,16-17H,1,4-5,11-15H2,2H3. The Morgan fingerprint density at radius 3 is 2.97 bits per heavy atom. The molecule has 2 aromatic carbocycles. The van der Waals surface area contributed by atoms with Gasteiger partial charge in [-0.15, -0.1) is 6.58 Å². The fourth-order valence-electron chi connectivity index (χ4n) is 3.54. The zero-order chi connectivity index (χ0) is 20.6. The van der Waals surface area contributed by atoms with Gasteiger partial charge in [0, 0.05) is 24.3 Å². The summed E-state index contributed by atoms with van der Waals surface area (Å²) in [5.74, 6) is 0.780. The molecule has 1 amide bonds. The van der Waals surface area contributed by atoms with Crippen molar-refractivity contribution in [1.82, 2.24) is 4.90 Å². The van der Waals surface area contributed by atoms with Crippen LogP contribution in [0.25, 0.3) is 0 Å². The molecule has 0 aromatic heterocycles. The highest BCUT2D eigenvalue weighted by Crippen LogP contribution is 2.32. The zero-order valence-corrected chi connectivity index (χ0v) is 16.9. The summed E-state index contributed by atoms with van der Waals surface area (Å²) in [6.45, 7) is 7.01. The molecule has 2 aromatic rings. The number of amides is 1. The molecule has 150 valence electrons. The van der Waals surface area contributed by atoms with Gasteiger partial charge in [0.1, 0.15) is 5.75 Å². The number of ether oxygens (including phenoxy) is 1.